The summed E-state index contributed by atoms with van der Waals surface area (Å²) in [6, 6.07) is 0. The zero-order chi connectivity index (χ0) is 13.1. The zero-order valence-electron chi connectivity index (χ0n) is 13.1. The van der Waals surface area contributed by atoms with Crippen LogP contribution in [0.4, 0.5) is 0 Å². The average Bonchev–Trinajstić information content (AvgIpc) is 2.90. The van der Waals surface area contributed by atoms with E-state index in [9.17, 15) is 0 Å². The largest absolute Gasteiger partial charge is 0.0654 e. The van der Waals surface area contributed by atoms with E-state index in [1.54, 1.807) is 12.8 Å². The summed E-state index contributed by atoms with van der Waals surface area (Å²) in [6.45, 7) is 4.64. The summed E-state index contributed by atoms with van der Waals surface area (Å²) in [5.74, 6) is 2.19. The smallest absolute Gasteiger partial charge is 0.0386 e. The molecule has 0 bridgehead atoms. The van der Waals surface area contributed by atoms with Crippen LogP contribution in [-0.2, 0) is 0 Å². The molecule has 1 saturated carbocycles. The van der Waals surface area contributed by atoms with E-state index in [1.165, 1.54) is 77.0 Å². The topological polar surface area (TPSA) is 0 Å². The minimum Gasteiger partial charge on any atom is -0.0654 e. The van der Waals surface area contributed by atoms with E-state index in [4.69, 9.17) is 0 Å². The normalized spacial score (nSPS) is 18.3. The molecule has 1 fully saturated rings. The SMILES string of the molecule is CCCCCCCC(CCCCC)C1CCCC1. The summed E-state index contributed by atoms with van der Waals surface area (Å²) < 4.78 is 0. The van der Waals surface area contributed by atoms with Crippen LogP contribution in [0.5, 0.6) is 0 Å². The van der Waals surface area contributed by atoms with Gasteiger partial charge in [0.1, 0.15) is 0 Å². The molecule has 1 aliphatic carbocycles. The van der Waals surface area contributed by atoms with Crippen molar-refractivity contribution in [3.63, 3.8) is 0 Å². The third kappa shape index (κ3) is 6.81. The van der Waals surface area contributed by atoms with Gasteiger partial charge < -0.3 is 0 Å². The van der Waals surface area contributed by atoms with Gasteiger partial charge in [0, 0.05) is 0 Å². The third-order valence-electron chi connectivity index (χ3n) is 4.92. The van der Waals surface area contributed by atoms with Crippen molar-refractivity contribution in [3.05, 3.63) is 0 Å². The van der Waals surface area contributed by atoms with Crippen molar-refractivity contribution in [2.75, 3.05) is 0 Å². The Bertz CT molecular complexity index is 167. The minimum absolute atomic E-state index is 1.08. The molecule has 18 heavy (non-hydrogen) atoms. The molecule has 108 valence electrons. The Morgan fingerprint density at radius 3 is 1.83 bits per heavy atom. The number of hydrogen-bond donors (Lipinski definition) is 0. The number of rotatable bonds is 11. The van der Waals surface area contributed by atoms with E-state index in [0.717, 1.165) is 11.8 Å². The fraction of sp³-hybridized carbons (Fsp3) is 1.00. The van der Waals surface area contributed by atoms with Gasteiger partial charge in [0.25, 0.3) is 0 Å². The monoisotopic (exact) mass is 252 g/mol. The Kier molecular flexibility index (Phi) is 9.70. The van der Waals surface area contributed by atoms with Gasteiger partial charge in [-0.3, -0.25) is 0 Å². The lowest BCUT2D eigenvalue weighted by Gasteiger charge is -2.23. The predicted octanol–water partition coefficient (Wildman–Crippen LogP) is 6.73. The summed E-state index contributed by atoms with van der Waals surface area (Å²) in [7, 11) is 0. The lowest BCUT2D eigenvalue weighted by Crippen LogP contribution is -2.12. The van der Waals surface area contributed by atoms with Gasteiger partial charge in [0.15, 0.2) is 0 Å². The number of unbranched alkanes of at least 4 members (excludes halogenated alkanes) is 6. The lowest BCUT2D eigenvalue weighted by atomic mass is 9.82. The second-order valence-electron chi connectivity index (χ2n) is 6.50. The Balaban J connectivity index is 2.16. The van der Waals surface area contributed by atoms with Gasteiger partial charge in [-0.05, 0) is 11.8 Å². The van der Waals surface area contributed by atoms with Crippen LogP contribution in [0.25, 0.3) is 0 Å². The van der Waals surface area contributed by atoms with Crippen LogP contribution in [0.2, 0.25) is 0 Å². The molecule has 1 aliphatic rings. The highest BCUT2D eigenvalue weighted by Gasteiger charge is 2.23. The van der Waals surface area contributed by atoms with Crippen LogP contribution in [0.3, 0.4) is 0 Å². The van der Waals surface area contributed by atoms with E-state index in [0.29, 0.717) is 0 Å². The Hall–Kier alpha value is 0. The standard InChI is InChI=1S/C18H36/c1-3-5-7-8-10-14-17(13-9-6-4-2)18-15-11-12-16-18/h17-18H,3-16H2,1-2H3. The second kappa shape index (κ2) is 10.9. The molecule has 0 aliphatic heterocycles. The molecule has 0 heterocycles. The van der Waals surface area contributed by atoms with Crippen molar-refractivity contribution < 1.29 is 0 Å². The van der Waals surface area contributed by atoms with Crippen LogP contribution in [0.15, 0.2) is 0 Å². The van der Waals surface area contributed by atoms with Crippen LogP contribution in [0.1, 0.15) is 104 Å². The zero-order valence-corrected chi connectivity index (χ0v) is 13.1. The van der Waals surface area contributed by atoms with Crippen molar-refractivity contribution in [1.82, 2.24) is 0 Å². The van der Waals surface area contributed by atoms with Crippen LogP contribution in [0, 0.1) is 11.8 Å². The molecule has 0 spiro atoms. The molecule has 1 unspecified atom stereocenters. The molecule has 1 atom stereocenters. The van der Waals surface area contributed by atoms with Crippen molar-refractivity contribution in [3.8, 4) is 0 Å². The summed E-state index contributed by atoms with van der Waals surface area (Å²) in [4.78, 5) is 0. The maximum absolute atomic E-state index is 2.33. The Labute approximate surface area is 116 Å². The van der Waals surface area contributed by atoms with Gasteiger partial charge in [-0.25, -0.2) is 0 Å². The van der Waals surface area contributed by atoms with E-state index in [2.05, 4.69) is 13.8 Å². The molecule has 0 aromatic rings. The first-order valence-electron chi connectivity index (χ1n) is 8.88. The molecule has 0 N–H and O–H groups in total. The Morgan fingerprint density at radius 1 is 0.722 bits per heavy atom. The van der Waals surface area contributed by atoms with Crippen molar-refractivity contribution in [2.24, 2.45) is 11.8 Å². The highest BCUT2D eigenvalue weighted by Crippen LogP contribution is 2.36. The maximum atomic E-state index is 2.33. The van der Waals surface area contributed by atoms with Crippen LogP contribution >= 0.6 is 0 Å². The minimum atomic E-state index is 1.08. The quantitative estimate of drug-likeness (QED) is 0.357. The van der Waals surface area contributed by atoms with Gasteiger partial charge in [0.2, 0.25) is 0 Å². The first-order chi connectivity index (χ1) is 8.88. The van der Waals surface area contributed by atoms with E-state index in [-0.39, 0.29) is 0 Å². The van der Waals surface area contributed by atoms with Gasteiger partial charge in [-0.15, -0.1) is 0 Å². The molecule has 0 amide bonds. The van der Waals surface area contributed by atoms with Crippen LogP contribution in [-0.4, -0.2) is 0 Å². The first kappa shape index (κ1) is 16.1. The summed E-state index contributed by atoms with van der Waals surface area (Å²) in [5.41, 5.74) is 0. The molecule has 0 saturated heterocycles. The van der Waals surface area contributed by atoms with Gasteiger partial charge in [0.05, 0.1) is 0 Å². The highest BCUT2D eigenvalue weighted by atomic mass is 14.3. The lowest BCUT2D eigenvalue weighted by molar-refractivity contribution is 0.282. The van der Waals surface area contributed by atoms with Gasteiger partial charge in [-0.1, -0.05) is 104 Å². The fourth-order valence-corrected chi connectivity index (χ4v) is 3.71. The van der Waals surface area contributed by atoms with Crippen molar-refractivity contribution in [1.29, 1.82) is 0 Å². The van der Waals surface area contributed by atoms with Crippen LogP contribution < -0.4 is 0 Å². The van der Waals surface area contributed by atoms with Crippen molar-refractivity contribution >= 4 is 0 Å². The summed E-state index contributed by atoms with van der Waals surface area (Å²) >= 11 is 0. The van der Waals surface area contributed by atoms with E-state index < -0.39 is 0 Å². The van der Waals surface area contributed by atoms with Gasteiger partial charge >= 0.3 is 0 Å². The fourth-order valence-electron chi connectivity index (χ4n) is 3.71. The molecule has 0 aromatic carbocycles. The number of hydrogen-bond acceptors (Lipinski definition) is 0. The maximum Gasteiger partial charge on any atom is -0.0386 e. The Morgan fingerprint density at radius 2 is 1.22 bits per heavy atom. The molecular formula is C18H36. The molecular weight excluding hydrogens is 216 g/mol. The highest BCUT2D eigenvalue weighted by molar-refractivity contribution is 4.75. The molecule has 0 nitrogen and oxygen atoms in total. The van der Waals surface area contributed by atoms with E-state index in [1.807, 2.05) is 0 Å². The first-order valence-corrected chi connectivity index (χ1v) is 8.88. The van der Waals surface area contributed by atoms with Crippen molar-refractivity contribution in [2.45, 2.75) is 104 Å². The average molecular weight is 252 g/mol. The third-order valence-corrected chi connectivity index (χ3v) is 4.92. The van der Waals surface area contributed by atoms with E-state index >= 15 is 0 Å². The summed E-state index contributed by atoms with van der Waals surface area (Å²) in [6.07, 6.45) is 20.8. The van der Waals surface area contributed by atoms with Gasteiger partial charge in [-0.2, -0.15) is 0 Å². The molecule has 1 rings (SSSR count). The molecule has 0 radical (unpaired) electrons. The predicted molar refractivity (Wildman–Crippen MR) is 83.0 cm³/mol. The molecule has 0 heteroatoms. The molecule has 0 aromatic heterocycles. The second-order valence-corrected chi connectivity index (χ2v) is 6.50. The summed E-state index contributed by atoms with van der Waals surface area (Å²) in [5, 5.41) is 0.